The number of rotatable bonds is 5. The first-order chi connectivity index (χ1) is 9.55. The molecule has 20 heavy (non-hydrogen) atoms. The molecule has 1 heterocycles. The average Bonchev–Trinajstić information content (AvgIpc) is 2.44. The fraction of sp³-hybridized carbons (Fsp3) is 0.333. The molecule has 0 radical (unpaired) electrons. The van der Waals surface area contributed by atoms with E-state index in [-0.39, 0.29) is 5.56 Å². The Morgan fingerprint density at radius 3 is 2.60 bits per heavy atom. The summed E-state index contributed by atoms with van der Waals surface area (Å²) in [6.45, 7) is 6.39. The average molecular weight is 276 g/mol. The van der Waals surface area contributed by atoms with Gasteiger partial charge < -0.3 is 5.11 Å². The lowest BCUT2D eigenvalue weighted by atomic mass is 10.1. The second kappa shape index (κ2) is 5.96. The van der Waals surface area contributed by atoms with Crippen molar-refractivity contribution in [2.24, 2.45) is 0 Å². The smallest absolute Gasteiger partial charge is 0.336 e. The number of pyridine rings is 1. The second-order valence-corrected chi connectivity index (χ2v) is 4.59. The predicted molar refractivity (Wildman–Crippen MR) is 75.3 cm³/mol. The third-order valence-electron chi connectivity index (χ3n) is 3.33. The number of fused-ring (bicyclic) bond motifs is 1. The van der Waals surface area contributed by atoms with Crippen LogP contribution in [0.4, 0.5) is 4.39 Å². The Morgan fingerprint density at radius 1 is 1.30 bits per heavy atom. The van der Waals surface area contributed by atoms with Gasteiger partial charge in [0, 0.05) is 11.9 Å². The van der Waals surface area contributed by atoms with Gasteiger partial charge in [-0.3, -0.25) is 9.88 Å². The van der Waals surface area contributed by atoms with Crippen LogP contribution in [0.15, 0.2) is 24.3 Å². The number of carboxylic acids is 1. The van der Waals surface area contributed by atoms with E-state index in [1.54, 1.807) is 0 Å². The van der Waals surface area contributed by atoms with Crippen molar-refractivity contribution < 1.29 is 14.3 Å². The predicted octanol–water partition coefficient (Wildman–Crippen LogP) is 2.91. The SMILES string of the molecule is CCN(CC)Cc1cc(C(=O)O)c2cc(F)ccc2n1. The van der Waals surface area contributed by atoms with E-state index in [9.17, 15) is 14.3 Å². The van der Waals surface area contributed by atoms with Crippen LogP contribution in [-0.2, 0) is 6.54 Å². The summed E-state index contributed by atoms with van der Waals surface area (Å²) in [5.41, 5.74) is 1.29. The number of carboxylic acid groups (broad SMARTS) is 1. The van der Waals surface area contributed by atoms with Crippen LogP contribution in [0.25, 0.3) is 10.9 Å². The van der Waals surface area contributed by atoms with Crippen LogP contribution in [0.1, 0.15) is 29.9 Å². The zero-order valence-electron chi connectivity index (χ0n) is 11.6. The van der Waals surface area contributed by atoms with Crippen LogP contribution < -0.4 is 0 Å². The maximum absolute atomic E-state index is 13.3. The van der Waals surface area contributed by atoms with Crippen molar-refractivity contribution in [3.05, 3.63) is 41.3 Å². The normalized spacial score (nSPS) is 11.2. The molecule has 0 saturated carbocycles. The van der Waals surface area contributed by atoms with E-state index in [4.69, 9.17) is 0 Å². The molecular formula is C15H17FN2O2. The van der Waals surface area contributed by atoms with Gasteiger partial charge in [-0.05, 0) is 37.4 Å². The van der Waals surface area contributed by atoms with Crippen LogP contribution in [0.2, 0.25) is 0 Å². The van der Waals surface area contributed by atoms with Crippen molar-refractivity contribution in [3.63, 3.8) is 0 Å². The molecule has 0 aliphatic heterocycles. The van der Waals surface area contributed by atoms with E-state index in [0.29, 0.717) is 23.1 Å². The fourth-order valence-electron chi connectivity index (χ4n) is 2.19. The molecule has 0 aliphatic rings. The molecule has 0 atom stereocenters. The van der Waals surface area contributed by atoms with E-state index in [1.165, 1.54) is 24.3 Å². The topological polar surface area (TPSA) is 53.4 Å². The molecule has 1 aromatic carbocycles. The van der Waals surface area contributed by atoms with Crippen LogP contribution in [0.5, 0.6) is 0 Å². The molecule has 0 bridgehead atoms. The van der Waals surface area contributed by atoms with Crippen LogP contribution in [-0.4, -0.2) is 34.0 Å². The minimum Gasteiger partial charge on any atom is -0.478 e. The van der Waals surface area contributed by atoms with Crippen molar-refractivity contribution in [2.75, 3.05) is 13.1 Å². The van der Waals surface area contributed by atoms with Gasteiger partial charge in [-0.15, -0.1) is 0 Å². The largest absolute Gasteiger partial charge is 0.478 e. The van der Waals surface area contributed by atoms with E-state index in [2.05, 4.69) is 9.88 Å². The molecule has 0 amide bonds. The summed E-state index contributed by atoms with van der Waals surface area (Å²) < 4.78 is 13.3. The third-order valence-corrected chi connectivity index (χ3v) is 3.33. The first-order valence-electron chi connectivity index (χ1n) is 6.60. The highest BCUT2D eigenvalue weighted by atomic mass is 19.1. The molecular weight excluding hydrogens is 259 g/mol. The van der Waals surface area contributed by atoms with E-state index in [0.717, 1.165) is 13.1 Å². The van der Waals surface area contributed by atoms with Crippen molar-refractivity contribution in [2.45, 2.75) is 20.4 Å². The van der Waals surface area contributed by atoms with Gasteiger partial charge in [0.25, 0.3) is 0 Å². The van der Waals surface area contributed by atoms with Gasteiger partial charge in [0.1, 0.15) is 5.82 Å². The number of nitrogens with zero attached hydrogens (tertiary/aromatic N) is 2. The first-order valence-corrected chi connectivity index (χ1v) is 6.60. The maximum atomic E-state index is 13.3. The number of carbonyl (C=O) groups is 1. The highest BCUT2D eigenvalue weighted by Gasteiger charge is 2.13. The molecule has 2 aromatic rings. The highest BCUT2D eigenvalue weighted by Crippen LogP contribution is 2.20. The van der Waals surface area contributed by atoms with Crippen LogP contribution >= 0.6 is 0 Å². The molecule has 2 rings (SSSR count). The summed E-state index contributed by atoms with van der Waals surface area (Å²) in [6.07, 6.45) is 0. The summed E-state index contributed by atoms with van der Waals surface area (Å²) in [6, 6.07) is 5.56. The first kappa shape index (κ1) is 14.4. The van der Waals surface area contributed by atoms with Gasteiger partial charge >= 0.3 is 5.97 Å². The molecule has 0 saturated heterocycles. The second-order valence-electron chi connectivity index (χ2n) is 4.59. The van der Waals surface area contributed by atoms with Gasteiger partial charge in [-0.1, -0.05) is 13.8 Å². The van der Waals surface area contributed by atoms with Crippen molar-refractivity contribution >= 4 is 16.9 Å². The number of halogens is 1. The van der Waals surface area contributed by atoms with E-state index >= 15 is 0 Å². The molecule has 1 N–H and O–H groups in total. The molecule has 0 fully saturated rings. The number of benzene rings is 1. The number of aromatic carboxylic acids is 1. The van der Waals surface area contributed by atoms with Gasteiger partial charge in [0.2, 0.25) is 0 Å². The van der Waals surface area contributed by atoms with Gasteiger partial charge in [-0.25, -0.2) is 9.18 Å². The standard InChI is InChI=1S/C15H17FN2O2/c1-3-18(4-2)9-11-8-13(15(19)20)12-7-10(16)5-6-14(12)17-11/h5-8H,3-4,9H2,1-2H3,(H,19,20). The van der Waals surface area contributed by atoms with E-state index in [1.807, 2.05) is 13.8 Å². The minimum absolute atomic E-state index is 0.0941. The molecule has 5 heteroatoms. The summed E-state index contributed by atoms with van der Waals surface area (Å²) in [5, 5.41) is 9.62. The Morgan fingerprint density at radius 2 is 2.00 bits per heavy atom. The summed E-state index contributed by atoms with van der Waals surface area (Å²) in [4.78, 5) is 17.9. The zero-order chi connectivity index (χ0) is 14.7. The lowest BCUT2D eigenvalue weighted by Crippen LogP contribution is -2.23. The molecule has 4 nitrogen and oxygen atoms in total. The van der Waals surface area contributed by atoms with Gasteiger partial charge in [-0.2, -0.15) is 0 Å². The lowest BCUT2D eigenvalue weighted by molar-refractivity contribution is 0.0698. The van der Waals surface area contributed by atoms with Crippen LogP contribution in [0, 0.1) is 5.82 Å². The Kier molecular flexibility index (Phi) is 4.29. The number of hydrogen-bond acceptors (Lipinski definition) is 3. The number of aromatic nitrogens is 1. The highest BCUT2D eigenvalue weighted by molar-refractivity contribution is 6.02. The Hall–Kier alpha value is -2.01. The quantitative estimate of drug-likeness (QED) is 0.912. The molecule has 1 aromatic heterocycles. The van der Waals surface area contributed by atoms with Gasteiger partial charge in [0.05, 0.1) is 16.8 Å². The van der Waals surface area contributed by atoms with Crippen molar-refractivity contribution in [1.29, 1.82) is 0 Å². The van der Waals surface area contributed by atoms with Crippen molar-refractivity contribution in [1.82, 2.24) is 9.88 Å². The fourth-order valence-corrected chi connectivity index (χ4v) is 2.19. The summed E-state index contributed by atoms with van der Waals surface area (Å²) in [5.74, 6) is -1.53. The van der Waals surface area contributed by atoms with Crippen molar-refractivity contribution in [3.8, 4) is 0 Å². The lowest BCUT2D eigenvalue weighted by Gasteiger charge is -2.18. The third kappa shape index (κ3) is 2.93. The molecule has 106 valence electrons. The number of hydrogen-bond donors (Lipinski definition) is 1. The van der Waals surface area contributed by atoms with Crippen LogP contribution in [0.3, 0.4) is 0 Å². The van der Waals surface area contributed by atoms with E-state index < -0.39 is 11.8 Å². The zero-order valence-corrected chi connectivity index (χ0v) is 11.6. The maximum Gasteiger partial charge on any atom is 0.336 e. The summed E-state index contributed by atoms with van der Waals surface area (Å²) >= 11 is 0. The molecule has 0 unspecified atom stereocenters. The van der Waals surface area contributed by atoms with Gasteiger partial charge in [0.15, 0.2) is 0 Å². The Labute approximate surface area is 116 Å². The minimum atomic E-state index is -1.07. The molecule has 0 aliphatic carbocycles. The summed E-state index contributed by atoms with van der Waals surface area (Å²) in [7, 11) is 0. The molecule has 0 spiro atoms. The Bertz CT molecular complexity index is 639. The Balaban J connectivity index is 2.53. The monoisotopic (exact) mass is 276 g/mol.